The lowest BCUT2D eigenvalue weighted by Gasteiger charge is -2.12. The first-order valence-corrected chi connectivity index (χ1v) is 9.36. The molecule has 0 fully saturated rings. The Morgan fingerprint density at radius 3 is 2.24 bits per heavy atom. The molecule has 0 unspecified atom stereocenters. The molecular formula is C25H20O4. The summed E-state index contributed by atoms with van der Waals surface area (Å²) >= 11 is 0. The van der Waals surface area contributed by atoms with Crippen molar-refractivity contribution in [2.45, 2.75) is 20.8 Å². The van der Waals surface area contributed by atoms with Gasteiger partial charge in [-0.25, -0.2) is 4.79 Å². The third kappa shape index (κ3) is 3.57. The molecule has 0 aliphatic carbocycles. The summed E-state index contributed by atoms with van der Waals surface area (Å²) < 4.78 is 11.7. The minimum Gasteiger partial charge on any atom is -0.452 e. The van der Waals surface area contributed by atoms with Crippen molar-refractivity contribution in [3.8, 4) is 17.1 Å². The Labute approximate surface area is 168 Å². The first-order valence-electron chi connectivity index (χ1n) is 9.36. The van der Waals surface area contributed by atoms with Crippen LogP contribution in [0.15, 0.2) is 75.9 Å². The first kappa shape index (κ1) is 18.7. The predicted molar refractivity (Wildman–Crippen MR) is 114 cm³/mol. The molecule has 4 heteroatoms. The van der Waals surface area contributed by atoms with E-state index in [1.165, 1.54) is 0 Å². The van der Waals surface area contributed by atoms with Gasteiger partial charge >= 0.3 is 5.97 Å². The molecule has 0 atom stereocenters. The summed E-state index contributed by atoms with van der Waals surface area (Å²) in [6.45, 7) is 5.78. The van der Waals surface area contributed by atoms with Gasteiger partial charge in [-0.05, 0) is 50.1 Å². The minimum atomic E-state index is -0.602. The van der Waals surface area contributed by atoms with Crippen LogP contribution in [0, 0.1) is 20.8 Å². The molecule has 29 heavy (non-hydrogen) atoms. The van der Waals surface area contributed by atoms with E-state index in [2.05, 4.69) is 0 Å². The molecule has 144 valence electrons. The van der Waals surface area contributed by atoms with Gasteiger partial charge in [0.25, 0.3) is 0 Å². The number of ether oxygens (including phenoxy) is 1. The number of carbonyl (C=O) groups excluding carboxylic acids is 1. The van der Waals surface area contributed by atoms with Crippen LogP contribution in [0.5, 0.6) is 5.75 Å². The fourth-order valence-electron chi connectivity index (χ4n) is 3.35. The van der Waals surface area contributed by atoms with Crippen LogP contribution in [-0.2, 0) is 0 Å². The number of rotatable bonds is 3. The molecule has 0 spiro atoms. The number of fused-ring (bicyclic) bond motifs is 1. The molecule has 3 aromatic carbocycles. The number of carbonyl (C=O) groups is 1. The highest BCUT2D eigenvalue weighted by Gasteiger charge is 2.22. The number of esters is 1. The standard InChI is InChI=1S/C25H20O4/c1-15-9-11-18(12-10-15)23-24(29-25(27)19-7-5-4-6-8-19)21(26)20-14-16(2)13-17(3)22(20)28-23/h4-14H,1-3H3. The number of hydrogen-bond acceptors (Lipinski definition) is 4. The maximum Gasteiger partial charge on any atom is 0.343 e. The van der Waals surface area contributed by atoms with Gasteiger partial charge in [0.05, 0.1) is 10.9 Å². The molecule has 0 aliphatic heterocycles. The van der Waals surface area contributed by atoms with E-state index in [9.17, 15) is 9.59 Å². The molecular weight excluding hydrogens is 364 g/mol. The van der Waals surface area contributed by atoms with Gasteiger partial charge in [-0.2, -0.15) is 0 Å². The molecule has 0 aliphatic rings. The van der Waals surface area contributed by atoms with Crippen molar-refractivity contribution in [2.24, 2.45) is 0 Å². The molecule has 4 aromatic rings. The summed E-state index contributed by atoms with van der Waals surface area (Å²) in [6.07, 6.45) is 0. The second-order valence-corrected chi connectivity index (χ2v) is 7.17. The Hall–Kier alpha value is -3.66. The molecule has 0 saturated heterocycles. The number of hydrogen-bond donors (Lipinski definition) is 0. The lowest BCUT2D eigenvalue weighted by Crippen LogP contribution is -2.16. The zero-order valence-electron chi connectivity index (χ0n) is 16.5. The molecule has 0 radical (unpaired) electrons. The highest BCUT2D eigenvalue weighted by Crippen LogP contribution is 2.33. The quantitative estimate of drug-likeness (QED) is 0.431. The summed E-state index contributed by atoms with van der Waals surface area (Å²) in [7, 11) is 0. The molecule has 1 heterocycles. The zero-order chi connectivity index (χ0) is 20.5. The SMILES string of the molecule is Cc1ccc(-c2oc3c(C)cc(C)cc3c(=O)c2OC(=O)c2ccccc2)cc1. The highest BCUT2D eigenvalue weighted by molar-refractivity contribution is 5.93. The molecule has 4 rings (SSSR count). The van der Waals surface area contributed by atoms with Crippen LogP contribution in [0.4, 0.5) is 0 Å². The molecule has 4 nitrogen and oxygen atoms in total. The van der Waals surface area contributed by atoms with Gasteiger partial charge in [-0.3, -0.25) is 4.79 Å². The monoisotopic (exact) mass is 384 g/mol. The number of aryl methyl sites for hydroxylation is 3. The summed E-state index contributed by atoms with van der Waals surface area (Å²) in [4.78, 5) is 26.0. The Morgan fingerprint density at radius 1 is 0.862 bits per heavy atom. The summed E-state index contributed by atoms with van der Waals surface area (Å²) in [5.41, 5.74) is 4.03. The van der Waals surface area contributed by atoms with Gasteiger partial charge < -0.3 is 9.15 Å². The Balaban J connectivity index is 1.96. The van der Waals surface area contributed by atoms with Crippen LogP contribution in [0.1, 0.15) is 27.0 Å². The predicted octanol–water partition coefficient (Wildman–Crippen LogP) is 5.60. The molecule has 0 bridgehead atoms. The Bertz CT molecular complexity index is 1270. The van der Waals surface area contributed by atoms with Crippen LogP contribution in [0.2, 0.25) is 0 Å². The summed E-state index contributed by atoms with van der Waals surface area (Å²) in [6, 6.07) is 19.8. The molecule has 0 amide bonds. The van der Waals surface area contributed by atoms with Crippen molar-refractivity contribution in [3.05, 3.63) is 99.2 Å². The van der Waals surface area contributed by atoms with Crippen molar-refractivity contribution in [3.63, 3.8) is 0 Å². The van der Waals surface area contributed by atoms with Gasteiger partial charge in [-0.1, -0.05) is 54.1 Å². The van der Waals surface area contributed by atoms with E-state index in [0.29, 0.717) is 22.1 Å². The fourth-order valence-corrected chi connectivity index (χ4v) is 3.35. The van der Waals surface area contributed by atoms with Crippen molar-refractivity contribution in [2.75, 3.05) is 0 Å². The molecule has 0 saturated carbocycles. The van der Waals surface area contributed by atoms with Crippen molar-refractivity contribution in [1.82, 2.24) is 0 Å². The minimum absolute atomic E-state index is 0.0970. The van der Waals surface area contributed by atoms with Crippen LogP contribution in [0.25, 0.3) is 22.3 Å². The maximum atomic E-state index is 13.3. The van der Waals surface area contributed by atoms with Gasteiger partial charge in [-0.15, -0.1) is 0 Å². The second-order valence-electron chi connectivity index (χ2n) is 7.17. The lowest BCUT2D eigenvalue weighted by atomic mass is 10.0. The first-order chi connectivity index (χ1) is 13.9. The third-order valence-electron chi connectivity index (χ3n) is 4.80. The lowest BCUT2D eigenvalue weighted by molar-refractivity contribution is 0.0731. The smallest absolute Gasteiger partial charge is 0.343 e. The van der Waals surface area contributed by atoms with Crippen LogP contribution in [0.3, 0.4) is 0 Å². The van der Waals surface area contributed by atoms with Gasteiger partial charge in [0.1, 0.15) is 5.58 Å². The number of benzene rings is 3. The van der Waals surface area contributed by atoms with Gasteiger partial charge in [0, 0.05) is 5.56 Å². The molecule has 0 N–H and O–H groups in total. The van der Waals surface area contributed by atoms with E-state index in [1.54, 1.807) is 30.3 Å². The average molecular weight is 384 g/mol. The van der Waals surface area contributed by atoms with Gasteiger partial charge in [0.2, 0.25) is 11.2 Å². The summed E-state index contributed by atoms with van der Waals surface area (Å²) in [5, 5.41) is 0.397. The average Bonchev–Trinajstić information content (AvgIpc) is 2.71. The van der Waals surface area contributed by atoms with E-state index >= 15 is 0 Å². The van der Waals surface area contributed by atoms with Crippen molar-refractivity contribution >= 4 is 16.9 Å². The zero-order valence-corrected chi connectivity index (χ0v) is 16.5. The van der Waals surface area contributed by atoms with Gasteiger partial charge in [0.15, 0.2) is 5.76 Å². The van der Waals surface area contributed by atoms with E-state index < -0.39 is 5.97 Å². The van der Waals surface area contributed by atoms with Crippen LogP contribution in [-0.4, -0.2) is 5.97 Å². The normalized spacial score (nSPS) is 10.9. The Kier molecular flexibility index (Phi) is 4.77. The van der Waals surface area contributed by atoms with Crippen molar-refractivity contribution < 1.29 is 13.9 Å². The van der Waals surface area contributed by atoms with Crippen LogP contribution < -0.4 is 10.2 Å². The fraction of sp³-hybridized carbons (Fsp3) is 0.120. The van der Waals surface area contributed by atoms with E-state index in [1.807, 2.05) is 57.2 Å². The van der Waals surface area contributed by atoms with Crippen LogP contribution >= 0.6 is 0 Å². The largest absolute Gasteiger partial charge is 0.452 e. The third-order valence-corrected chi connectivity index (χ3v) is 4.80. The van der Waals surface area contributed by atoms with E-state index in [4.69, 9.17) is 9.15 Å². The second kappa shape index (κ2) is 7.40. The van der Waals surface area contributed by atoms with E-state index in [-0.39, 0.29) is 16.9 Å². The summed E-state index contributed by atoms with van der Waals surface area (Å²) in [5.74, 6) is -0.450. The molecule has 1 aromatic heterocycles. The van der Waals surface area contributed by atoms with E-state index in [0.717, 1.165) is 16.7 Å². The topological polar surface area (TPSA) is 56.5 Å². The Morgan fingerprint density at radius 2 is 1.55 bits per heavy atom. The highest BCUT2D eigenvalue weighted by atomic mass is 16.5. The van der Waals surface area contributed by atoms with Crippen molar-refractivity contribution in [1.29, 1.82) is 0 Å². The maximum absolute atomic E-state index is 13.3.